The zero-order chi connectivity index (χ0) is 6.91. The SMILES string of the molecule is FC(F)(F)C1C=CC=C1. The maximum Gasteiger partial charge on any atom is 0.398 e. The summed E-state index contributed by atoms with van der Waals surface area (Å²) in [6.45, 7) is 0. The highest BCUT2D eigenvalue weighted by molar-refractivity contribution is 5.19. The minimum absolute atomic E-state index is 1.12. The molecule has 0 aromatic carbocycles. The van der Waals surface area contributed by atoms with Gasteiger partial charge in [-0.3, -0.25) is 0 Å². The number of rotatable bonds is 0. The number of halogens is 3. The molecule has 0 atom stereocenters. The lowest BCUT2D eigenvalue weighted by Crippen LogP contribution is -2.17. The molecule has 50 valence electrons. The van der Waals surface area contributed by atoms with Crippen molar-refractivity contribution in [3.63, 3.8) is 0 Å². The van der Waals surface area contributed by atoms with E-state index in [2.05, 4.69) is 0 Å². The smallest absolute Gasteiger partial charge is 0.170 e. The van der Waals surface area contributed by atoms with Gasteiger partial charge >= 0.3 is 6.18 Å². The van der Waals surface area contributed by atoms with E-state index < -0.39 is 12.1 Å². The highest BCUT2D eigenvalue weighted by Gasteiger charge is 2.36. The van der Waals surface area contributed by atoms with Crippen molar-refractivity contribution >= 4 is 0 Å². The second-order valence-corrected chi connectivity index (χ2v) is 1.84. The molecule has 1 rings (SSSR count). The summed E-state index contributed by atoms with van der Waals surface area (Å²) in [7, 11) is 0. The van der Waals surface area contributed by atoms with E-state index in [9.17, 15) is 13.2 Å². The van der Waals surface area contributed by atoms with E-state index in [4.69, 9.17) is 0 Å². The second-order valence-electron chi connectivity index (χ2n) is 1.84. The second kappa shape index (κ2) is 1.90. The zero-order valence-electron chi connectivity index (χ0n) is 4.52. The van der Waals surface area contributed by atoms with Gasteiger partial charge in [-0.15, -0.1) is 0 Å². The maximum atomic E-state index is 11.7. The van der Waals surface area contributed by atoms with Crippen LogP contribution >= 0.6 is 0 Å². The summed E-state index contributed by atoms with van der Waals surface area (Å²) in [4.78, 5) is 0. The summed E-state index contributed by atoms with van der Waals surface area (Å²) >= 11 is 0. The Morgan fingerprint density at radius 1 is 1.00 bits per heavy atom. The van der Waals surface area contributed by atoms with Gasteiger partial charge in [0.25, 0.3) is 0 Å². The molecule has 0 aliphatic heterocycles. The molecule has 0 aromatic heterocycles. The quantitative estimate of drug-likeness (QED) is 0.476. The van der Waals surface area contributed by atoms with Crippen LogP contribution in [0.2, 0.25) is 0 Å². The molecule has 1 aliphatic carbocycles. The molecule has 0 fully saturated rings. The summed E-state index contributed by atoms with van der Waals surface area (Å²) in [6.07, 6.45) is 0.958. The van der Waals surface area contributed by atoms with Crippen LogP contribution in [0.4, 0.5) is 13.2 Å². The summed E-state index contributed by atoms with van der Waals surface area (Å²) in [6, 6.07) is 0. The van der Waals surface area contributed by atoms with E-state index in [1.54, 1.807) is 0 Å². The third kappa shape index (κ3) is 1.34. The average molecular weight is 134 g/mol. The van der Waals surface area contributed by atoms with Gasteiger partial charge in [-0.25, -0.2) is 0 Å². The monoisotopic (exact) mass is 134 g/mol. The summed E-state index contributed by atoms with van der Waals surface area (Å²) in [5.41, 5.74) is 0. The fourth-order valence-corrected chi connectivity index (χ4v) is 0.650. The third-order valence-electron chi connectivity index (χ3n) is 1.13. The first-order chi connectivity index (χ1) is 4.11. The third-order valence-corrected chi connectivity index (χ3v) is 1.13. The molecule has 1 aliphatic rings. The molecule has 0 amide bonds. The van der Waals surface area contributed by atoms with Crippen LogP contribution in [0.25, 0.3) is 0 Å². The Kier molecular flexibility index (Phi) is 1.35. The summed E-state index contributed by atoms with van der Waals surface area (Å²) < 4.78 is 35.0. The minimum atomic E-state index is -4.09. The summed E-state index contributed by atoms with van der Waals surface area (Å²) in [5.74, 6) is -1.35. The van der Waals surface area contributed by atoms with Gasteiger partial charge in [0.2, 0.25) is 0 Å². The highest BCUT2D eigenvalue weighted by Crippen LogP contribution is 2.30. The van der Waals surface area contributed by atoms with Gasteiger partial charge in [-0.2, -0.15) is 13.2 Å². The Bertz CT molecular complexity index is 140. The van der Waals surface area contributed by atoms with Crippen LogP contribution in [0.1, 0.15) is 0 Å². The van der Waals surface area contributed by atoms with Gasteiger partial charge in [-0.05, 0) is 0 Å². The van der Waals surface area contributed by atoms with Crippen molar-refractivity contribution in [1.82, 2.24) is 0 Å². The molecule has 0 saturated carbocycles. The lowest BCUT2D eigenvalue weighted by Gasteiger charge is -2.08. The lowest BCUT2D eigenvalue weighted by molar-refractivity contribution is -0.148. The fraction of sp³-hybridized carbons (Fsp3) is 0.333. The van der Waals surface area contributed by atoms with Crippen LogP contribution < -0.4 is 0 Å². The van der Waals surface area contributed by atoms with Crippen LogP contribution in [0.15, 0.2) is 24.3 Å². The van der Waals surface area contributed by atoms with Gasteiger partial charge in [0.1, 0.15) is 0 Å². The Hall–Kier alpha value is -0.730. The van der Waals surface area contributed by atoms with Gasteiger partial charge in [0.05, 0.1) is 5.92 Å². The van der Waals surface area contributed by atoms with Gasteiger partial charge < -0.3 is 0 Å². The van der Waals surface area contributed by atoms with Gasteiger partial charge in [0, 0.05) is 0 Å². The van der Waals surface area contributed by atoms with E-state index in [1.807, 2.05) is 0 Å². The number of hydrogen-bond acceptors (Lipinski definition) is 0. The molecule has 0 unspecified atom stereocenters. The van der Waals surface area contributed by atoms with E-state index in [-0.39, 0.29) is 0 Å². The molecule has 0 N–H and O–H groups in total. The normalized spacial score (nSPS) is 19.4. The topological polar surface area (TPSA) is 0 Å². The van der Waals surface area contributed by atoms with E-state index >= 15 is 0 Å². The molecule has 0 saturated heterocycles. The van der Waals surface area contributed by atoms with E-state index in [1.165, 1.54) is 12.2 Å². The van der Waals surface area contributed by atoms with Crippen LogP contribution in [-0.2, 0) is 0 Å². The van der Waals surface area contributed by atoms with Crippen molar-refractivity contribution in [3.05, 3.63) is 24.3 Å². The van der Waals surface area contributed by atoms with Crippen LogP contribution in [0, 0.1) is 5.92 Å². The zero-order valence-corrected chi connectivity index (χ0v) is 4.52. The van der Waals surface area contributed by atoms with Crippen molar-refractivity contribution < 1.29 is 13.2 Å². The van der Waals surface area contributed by atoms with Gasteiger partial charge in [0.15, 0.2) is 0 Å². The molecule has 0 bridgehead atoms. The van der Waals surface area contributed by atoms with Crippen molar-refractivity contribution in [2.24, 2.45) is 5.92 Å². The fourth-order valence-electron chi connectivity index (χ4n) is 0.650. The lowest BCUT2D eigenvalue weighted by atomic mass is 10.2. The van der Waals surface area contributed by atoms with Gasteiger partial charge in [-0.1, -0.05) is 24.3 Å². The largest absolute Gasteiger partial charge is 0.398 e. The van der Waals surface area contributed by atoms with Crippen LogP contribution in [0.5, 0.6) is 0 Å². The molecule has 3 heteroatoms. The first-order valence-electron chi connectivity index (χ1n) is 2.52. The molecule has 0 heterocycles. The summed E-state index contributed by atoms with van der Waals surface area (Å²) in [5, 5.41) is 0. The molecular weight excluding hydrogens is 129 g/mol. The van der Waals surface area contributed by atoms with Crippen molar-refractivity contribution in [2.45, 2.75) is 6.18 Å². The average Bonchev–Trinajstić information content (AvgIpc) is 2.08. The van der Waals surface area contributed by atoms with E-state index in [0.717, 1.165) is 12.2 Å². The van der Waals surface area contributed by atoms with Crippen molar-refractivity contribution in [3.8, 4) is 0 Å². The molecular formula is C6H5F3. The van der Waals surface area contributed by atoms with Crippen molar-refractivity contribution in [2.75, 3.05) is 0 Å². The Balaban J connectivity index is 2.64. The Morgan fingerprint density at radius 3 is 1.67 bits per heavy atom. The molecule has 0 radical (unpaired) electrons. The van der Waals surface area contributed by atoms with E-state index in [0.29, 0.717) is 0 Å². The van der Waals surface area contributed by atoms with Crippen molar-refractivity contribution in [1.29, 1.82) is 0 Å². The Labute approximate surface area is 50.7 Å². The molecule has 0 spiro atoms. The number of allylic oxidation sites excluding steroid dienone is 4. The first-order valence-corrected chi connectivity index (χ1v) is 2.52. The molecule has 9 heavy (non-hydrogen) atoms. The number of alkyl halides is 3. The Morgan fingerprint density at radius 2 is 1.44 bits per heavy atom. The molecule has 0 aromatic rings. The number of hydrogen-bond donors (Lipinski definition) is 0. The van der Waals surface area contributed by atoms with Crippen LogP contribution in [-0.4, -0.2) is 6.18 Å². The predicted octanol–water partition coefficient (Wildman–Crippen LogP) is 2.29. The molecule has 0 nitrogen and oxygen atoms in total. The standard InChI is InChI=1S/C6H5F3/c7-6(8,9)5-3-1-2-4-5/h1-5H. The first kappa shape index (κ1) is 6.39. The highest BCUT2D eigenvalue weighted by atomic mass is 19.4. The van der Waals surface area contributed by atoms with Crippen LogP contribution in [0.3, 0.4) is 0 Å². The predicted molar refractivity (Wildman–Crippen MR) is 27.8 cm³/mol. The maximum absolute atomic E-state index is 11.7. The minimum Gasteiger partial charge on any atom is -0.170 e.